The van der Waals surface area contributed by atoms with Gasteiger partial charge in [-0.3, -0.25) is 4.79 Å². The van der Waals surface area contributed by atoms with E-state index in [0.29, 0.717) is 5.75 Å². The van der Waals surface area contributed by atoms with Gasteiger partial charge >= 0.3 is 12.1 Å². The van der Waals surface area contributed by atoms with Crippen molar-refractivity contribution in [1.82, 2.24) is 14.9 Å². The van der Waals surface area contributed by atoms with E-state index in [1.807, 2.05) is 30.3 Å². The summed E-state index contributed by atoms with van der Waals surface area (Å²) >= 11 is 1.13. The lowest BCUT2D eigenvalue weighted by molar-refractivity contribution is -0.172. The number of amides is 2. The number of sulfonamides is 1. The molecule has 1 aliphatic heterocycles. The predicted octanol–water partition coefficient (Wildman–Crippen LogP) is 6.03. The average Bonchev–Trinajstić information content (AvgIpc) is 3.55. The first-order valence-electron chi connectivity index (χ1n) is 15.7. The monoisotopic (exact) mass is 699 g/mol. The second-order valence-corrected chi connectivity index (χ2v) is 15.8. The van der Waals surface area contributed by atoms with Crippen LogP contribution in [0.25, 0.3) is 11.1 Å². The Morgan fingerprint density at radius 2 is 1.54 bits per heavy atom. The van der Waals surface area contributed by atoms with Gasteiger partial charge in [0.25, 0.3) is 5.91 Å². The van der Waals surface area contributed by atoms with Crippen LogP contribution in [0.3, 0.4) is 0 Å². The SMILES string of the molecule is CCC(NC(=O)C1SCCN1S(=O)(=O)c1ccc(-c2ccccc2)cc1)(OC(=O)C(NC(=O)OC(C)(C)C)C(C)C)c1ccc(F)cc1. The van der Waals surface area contributed by atoms with Crippen LogP contribution in [0.2, 0.25) is 0 Å². The van der Waals surface area contributed by atoms with Crippen LogP contribution < -0.4 is 10.6 Å². The molecule has 1 heterocycles. The van der Waals surface area contributed by atoms with Crippen molar-refractivity contribution in [3.8, 4) is 11.1 Å². The fourth-order valence-electron chi connectivity index (χ4n) is 5.16. The fraction of sp³-hybridized carbons (Fsp3) is 0.400. The van der Waals surface area contributed by atoms with E-state index in [-0.39, 0.29) is 23.4 Å². The third-order valence-electron chi connectivity index (χ3n) is 7.64. The van der Waals surface area contributed by atoms with E-state index in [4.69, 9.17) is 9.47 Å². The van der Waals surface area contributed by atoms with Gasteiger partial charge in [-0.25, -0.2) is 22.4 Å². The summed E-state index contributed by atoms with van der Waals surface area (Å²) in [7, 11) is -4.11. The number of hydrogen-bond donors (Lipinski definition) is 2. The van der Waals surface area contributed by atoms with Crippen LogP contribution in [0.5, 0.6) is 0 Å². The summed E-state index contributed by atoms with van der Waals surface area (Å²) in [6.45, 7) is 10.2. The minimum absolute atomic E-state index is 0.00154. The standard InChI is InChI=1S/C35H42FN3O7S2/c1-7-35(26-15-17-27(36)18-16-26,45-32(41)29(23(2)3)37-33(42)46-34(4,5)6)38-30(40)31-39(21-22-47-31)48(43,44)28-19-13-25(14-20-28)24-11-9-8-10-12-24/h8-20,23,29,31H,7,21-22H2,1-6H3,(H,37,42)(H,38,40). The van der Waals surface area contributed by atoms with Crippen molar-refractivity contribution in [2.45, 2.75) is 75.6 Å². The number of carbonyl (C=O) groups is 3. The Hall–Kier alpha value is -3.94. The number of thioether (sulfide) groups is 1. The van der Waals surface area contributed by atoms with Crippen LogP contribution in [-0.4, -0.2) is 60.0 Å². The number of alkyl carbamates (subject to hydrolysis) is 1. The van der Waals surface area contributed by atoms with Gasteiger partial charge in [-0.15, -0.1) is 11.8 Å². The van der Waals surface area contributed by atoms with Gasteiger partial charge in [0, 0.05) is 24.3 Å². The Bertz CT molecular complexity index is 1700. The summed E-state index contributed by atoms with van der Waals surface area (Å²) < 4.78 is 54.1. The molecule has 3 aromatic rings. The molecule has 2 amide bonds. The number of esters is 1. The zero-order valence-electron chi connectivity index (χ0n) is 27.9. The molecule has 3 atom stereocenters. The van der Waals surface area contributed by atoms with Crippen LogP contribution >= 0.6 is 11.8 Å². The molecule has 1 fully saturated rings. The molecule has 0 radical (unpaired) electrons. The van der Waals surface area contributed by atoms with E-state index in [1.165, 1.54) is 36.4 Å². The zero-order chi connectivity index (χ0) is 35.3. The van der Waals surface area contributed by atoms with E-state index in [0.717, 1.165) is 27.2 Å². The highest BCUT2D eigenvalue weighted by Gasteiger charge is 2.46. The quantitative estimate of drug-likeness (QED) is 0.183. The van der Waals surface area contributed by atoms with E-state index < -0.39 is 62.5 Å². The third kappa shape index (κ3) is 8.74. The van der Waals surface area contributed by atoms with Crippen LogP contribution in [0, 0.1) is 11.7 Å². The largest absolute Gasteiger partial charge is 0.444 e. The van der Waals surface area contributed by atoms with Gasteiger partial charge in [0.05, 0.1) is 4.90 Å². The molecule has 0 spiro atoms. The molecule has 0 aromatic heterocycles. The molecule has 1 saturated heterocycles. The van der Waals surface area contributed by atoms with Gasteiger partial charge in [0.15, 0.2) is 0 Å². The zero-order valence-corrected chi connectivity index (χ0v) is 29.5. The van der Waals surface area contributed by atoms with Crippen molar-refractivity contribution < 1.29 is 36.7 Å². The second kappa shape index (κ2) is 15.1. The summed E-state index contributed by atoms with van der Waals surface area (Å²) in [5.74, 6) is -2.23. The number of rotatable bonds is 11. The Labute approximate surface area is 285 Å². The molecule has 48 heavy (non-hydrogen) atoms. The highest BCUT2D eigenvalue weighted by molar-refractivity contribution is 8.02. The fourth-order valence-corrected chi connectivity index (χ4v) is 8.24. The summed E-state index contributed by atoms with van der Waals surface area (Å²) in [4.78, 5) is 40.3. The number of hydrogen-bond acceptors (Lipinski definition) is 8. The van der Waals surface area contributed by atoms with Crippen molar-refractivity contribution in [2.75, 3.05) is 12.3 Å². The highest BCUT2D eigenvalue weighted by Crippen LogP contribution is 2.34. The topological polar surface area (TPSA) is 131 Å². The van der Waals surface area contributed by atoms with E-state index in [1.54, 1.807) is 53.7 Å². The number of nitrogens with one attached hydrogen (secondary N) is 2. The van der Waals surface area contributed by atoms with Gasteiger partial charge in [-0.1, -0.05) is 75.4 Å². The molecule has 4 rings (SSSR count). The maximum Gasteiger partial charge on any atom is 0.408 e. The maximum absolute atomic E-state index is 14.0. The van der Waals surface area contributed by atoms with Gasteiger partial charge in [-0.2, -0.15) is 4.31 Å². The molecule has 0 saturated carbocycles. The molecular weight excluding hydrogens is 658 g/mol. The number of benzene rings is 3. The number of nitrogens with zero attached hydrogens (tertiary/aromatic N) is 1. The van der Waals surface area contributed by atoms with Crippen molar-refractivity contribution in [3.05, 3.63) is 90.2 Å². The minimum atomic E-state index is -4.11. The second-order valence-electron chi connectivity index (χ2n) is 12.7. The van der Waals surface area contributed by atoms with Crippen LogP contribution in [0.4, 0.5) is 9.18 Å². The van der Waals surface area contributed by atoms with E-state index >= 15 is 0 Å². The molecule has 10 nitrogen and oxygen atoms in total. The Kier molecular flexibility index (Phi) is 11.6. The Morgan fingerprint density at radius 1 is 0.938 bits per heavy atom. The lowest BCUT2D eigenvalue weighted by atomic mass is 9.98. The third-order valence-corrected chi connectivity index (χ3v) is 10.9. The van der Waals surface area contributed by atoms with Gasteiger partial charge in [0.2, 0.25) is 15.7 Å². The molecule has 258 valence electrons. The molecule has 0 aliphatic carbocycles. The van der Waals surface area contributed by atoms with Crippen molar-refractivity contribution in [2.24, 2.45) is 5.92 Å². The molecule has 3 aromatic carbocycles. The Morgan fingerprint density at radius 3 is 2.10 bits per heavy atom. The first-order valence-corrected chi connectivity index (χ1v) is 18.1. The lowest BCUT2D eigenvalue weighted by Gasteiger charge is -2.37. The number of ether oxygens (including phenoxy) is 2. The molecule has 0 bridgehead atoms. The van der Waals surface area contributed by atoms with Crippen molar-refractivity contribution >= 4 is 39.8 Å². The lowest BCUT2D eigenvalue weighted by Crippen LogP contribution is -2.56. The first kappa shape index (κ1) is 36.9. The van der Waals surface area contributed by atoms with Crippen LogP contribution in [0.15, 0.2) is 83.8 Å². The van der Waals surface area contributed by atoms with E-state index in [9.17, 15) is 27.2 Å². The molecular formula is C35H42FN3O7S2. The first-order chi connectivity index (χ1) is 22.6. The molecule has 13 heteroatoms. The smallest absolute Gasteiger partial charge is 0.408 e. The minimum Gasteiger partial charge on any atom is -0.444 e. The summed E-state index contributed by atoms with van der Waals surface area (Å²) in [5.41, 5.74) is -0.626. The van der Waals surface area contributed by atoms with E-state index in [2.05, 4.69) is 10.6 Å². The molecule has 1 aliphatic rings. The van der Waals surface area contributed by atoms with Crippen LogP contribution in [0.1, 0.15) is 53.5 Å². The maximum atomic E-state index is 14.0. The van der Waals surface area contributed by atoms with Gasteiger partial charge in [-0.05, 0) is 62.1 Å². The van der Waals surface area contributed by atoms with Gasteiger partial charge in [0.1, 0.15) is 22.8 Å². The van der Waals surface area contributed by atoms with Crippen molar-refractivity contribution in [1.29, 1.82) is 0 Å². The average molecular weight is 700 g/mol. The number of halogens is 1. The van der Waals surface area contributed by atoms with Crippen LogP contribution in [-0.2, 0) is 34.8 Å². The summed E-state index contributed by atoms with van der Waals surface area (Å²) in [6.07, 6.45) is -0.829. The Balaban J connectivity index is 1.62. The molecule has 3 unspecified atom stereocenters. The molecule has 2 N–H and O–H groups in total. The van der Waals surface area contributed by atoms with Crippen molar-refractivity contribution in [3.63, 3.8) is 0 Å². The number of carbonyl (C=O) groups excluding carboxylic acids is 3. The van der Waals surface area contributed by atoms with Gasteiger partial charge < -0.3 is 20.1 Å². The summed E-state index contributed by atoms with van der Waals surface area (Å²) in [5, 5.41) is 4.15. The highest BCUT2D eigenvalue weighted by atomic mass is 32.2. The predicted molar refractivity (Wildman–Crippen MR) is 183 cm³/mol. The normalized spacial score (nSPS) is 17.3. The summed E-state index contributed by atoms with van der Waals surface area (Å²) in [6, 6.07) is 19.9.